The van der Waals surface area contributed by atoms with Crippen molar-refractivity contribution < 1.29 is 0 Å². The quantitative estimate of drug-likeness (QED) is 0.534. The smallest absolute Gasteiger partial charge is 0.157 e. The highest BCUT2D eigenvalue weighted by Crippen LogP contribution is 2.35. The Bertz CT molecular complexity index is 1200. The van der Waals surface area contributed by atoms with Crippen LogP contribution in [0.1, 0.15) is 28.6 Å². The average molecular weight is 408 g/mol. The van der Waals surface area contributed by atoms with Crippen LogP contribution in [0.3, 0.4) is 0 Å². The van der Waals surface area contributed by atoms with Crippen molar-refractivity contribution >= 4 is 34.1 Å². The zero-order chi connectivity index (χ0) is 19.5. The largest absolute Gasteiger partial charge is 0.355 e. The first-order valence-electron chi connectivity index (χ1n) is 10.1. The van der Waals surface area contributed by atoms with Crippen LogP contribution in [0.25, 0.3) is 16.7 Å². The van der Waals surface area contributed by atoms with Crippen LogP contribution in [-0.4, -0.2) is 50.7 Å². The van der Waals surface area contributed by atoms with E-state index in [-0.39, 0.29) is 0 Å². The van der Waals surface area contributed by atoms with E-state index in [4.69, 9.17) is 21.6 Å². The van der Waals surface area contributed by atoms with Crippen molar-refractivity contribution in [3.8, 4) is 0 Å². The number of imidazole rings is 1. The average Bonchev–Trinajstić information content (AvgIpc) is 3.21. The standard InChI is InChI=1S/C21H22ClN7/c1-12-8-17-18(9-15(12)22)27-20(26-17)13-10-28(11-13)21-14-2-5-23-6-3-16(14)25-19-4-7-24-29(19)21/h4,7-9,13,23H,2-3,5-6,10-11H2,1H3,(H,26,27). The minimum Gasteiger partial charge on any atom is -0.355 e. The predicted octanol–water partition coefficient (Wildman–Crippen LogP) is 2.86. The highest BCUT2D eigenvalue weighted by molar-refractivity contribution is 6.32. The van der Waals surface area contributed by atoms with Crippen molar-refractivity contribution in [1.29, 1.82) is 0 Å². The monoisotopic (exact) mass is 407 g/mol. The first kappa shape index (κ1) is 17.2. The van der Waals surface area contributed by atoms with Crippen LogP contribution in [0.5, 0.6) is 0 Å². The van der Waals surface area contributed by atoms with Crippen molar-refractivity contribution in [2.45, 2.75) is 25.7 Å². The van der Waals surface area contributed by atoms with Gasteiger partial charge in [0.05, 0.1) is 28.8 Å². The van der Waals surface area contributed by atoms with Gasteiger partial charge < -0.3 is 15.2 Å². The molecule has 29 heavy (non-hydrogen) atoms. The fraction of sp³-hybridized carbons (Fsp3) is 0.381. The van der Waals surface area contributed by atoms with Crippen molar-refractivity contribution in [2.75, 3.05) is 31.1 Å². The number of aromatic nitrogens is 5. The highest BCUT2D eigenvalue weighted by Gasteiger charge is 2.34. The molecule has 0 radical (unpaired) electrons. The summed E-state index contributed by atoms with van der Waals surface area (Å²) in [5.74, 6) is 2.61. The molecule has 1 saturated heterocycles. The number of hydrogen-bond donors (Lipinski definition) is 2. The molecule has 3 aromatic heterocycles. The first-order chi connectivity index (χ1) is 14.2. The second-order valence-electron chi connectivity index (χ2n) is 8.05. The first-order valence-corrected chi connectivity index (χ1v) is 10.5. The van der Waals surface area contributed by atoms with Crippen LogP contribution in [0.4, 0.5) is 5.82 Å². The molecule has 2 aliphatic rings. The number of nitrogens with one attached hydrogen (secondary N) is 2. The van der Waals surface area contributed by atoms with E-state index in [0.717, 1.165) is 72.1 Å². The third kappa shape index (κ3) is 2.72. The summed E-state index contributed by atoms with van der Waals surface area (Å²) in [6.07, 6.45) is 3.79. The molecule has 5 heterocycles. The number of anilines is 1. The second-order valence-corrected chi connectivity index (χ2v) is 8.46. The maximum atomic E-state index is 6.27. The molecule has 4 aromatic rings. The third-order valence-corrected chi connectivity index (χ3v) is 6.54. The Labute approximate surface area is 173 Å². The lowest BCUT2D eigenvalue weighted by Crippen LogP contribution is -2.47. The third-order valence-electron chi connectivity index (χ3n) is 6.13. The fourth-order valence-electron chi connectivity index (χ4n) is 4.52. The molecule has 1 fully saturated rings. The summed E-state index contributed by atoms with van der Waals surface area (Å²) in [4.78, 5) is 15.6. The molecule has 0 amide bonds. The summed E-state index contributed by atoms with van der Waals surface area (Å²) in [7, 11) is 0. The van der Waals surface area contributed by atoms with Gasteiger partial charge >= 0.3 is 0 Å². The van der Waals surface area contributed by atoms with Crippen molar-refractivity contribution in [3.63, 3.8) is 0 Å². The Kier molecular flexibility index (Phi) is 3.82. The van der Waals surface area contributed by atoms with Gasteiger partial charge in [-0.15, -0.1) is 0 Å². The Morgan fingerprint density at radius 3 is 2.90 bits per heavy atom. The number of rotatable bonds is 2. The van der Waals surface area contributed by atoms with Gasteiger partial charge in [-0.2, -0.15) is 9.61 Å². The molecule has 2 aliphatic heterocycles. The number of aromatic amines is 1. The van der Waals surface area contributed by atoms with Crippen LogP contribution < -0.4 is 10.2 Å². The number of aryl methyl sites for hydroxylation is 1. The molecule has 0 atom stereocenters. The summed E-state index contributed by atoms with van der Waals surface area (Å²) >= 11 is 6.27. The molecule has 1 aromatic carbocycles. The Balaban J connectivity index is 1.34. The van der Waals surface area contributed by atoms with Gasteiger partial charge in [0, 0.05) is 42.7 Å². The lowest BCUT2D eigenvalue weighted by Gasteiger charge is -2.41. The molecular weight excluding hydrogens is 386 g/mol. The summed E-state index contributed by atoms with van der Waals surface area (Å²) in [5.41, 5.74) is 6.52. The van der Waals surface area contributed by atoms with Crippen molar-refractivity contribution in [1.82, 2.24) is 29.9 Å². The molecule has 8 heteroatoms. The van der Waals surface area contributed by atoms with Crippen LogP contribution in [0.15, 0.2) is 24.4 Å². The highest BCUT2D eigenvalue weighted by atomic mass is 35.5. The number of hydrogen-bond acceptors (Lipinski definition) is 5. The number of nitrogens with zero attached hydrogens (tertiary/aromatic N) is 5. The van der Waals surface area contributed by atoms with Crippen LogP contribution in [-0.2, 0) is 12.8 Å². The number of H-pyrrole nitrogens is 1. The van der Waals surface area contributed by atoms with E-state index < -0.39 is 0 Å². The van der Waals surface area contributed by atoms with Crippen molar-refractivity contribution in [2.24, 2.45) is 0 Å². The Morgan fingerprint density at radius 1 is 1.14 bits per heavy atom. The number of benzene rings is 1. The molecule has 7 nitrogen and oxygen atoms in total. The molecule has 0 bridgehead atoms. The maximum Gasteiger partial charge on any atom is 0.157 e. The molecule has 0 unspecified atom stereocenters. The second kappa shape index (κ2) is 6.43. The van der Waals surface area contributed by atoms with Gasteiger partial charge in [-0.1, -0.05) is 11.6 Å². The van der Waals surface area contributed by atoms with Gasteiger partial charge in [0.15, 0.2) is 5.65 Å². The number of halogens is 1. The van der Waals surface area contributed by atoms with E-state index in [1.807, 2.05) is 29.8 Å². The van der Waals surface area contributed by atoms with Gasteiger partial charge in [0.2, 0.25) is 0 Å². The molecule has 0 aliphatic carbocycles. The Morgan fingerprint density at radius 2 is 2.00 bits per heavy atom. The summed E-state index contributed by atoms with van der Waals surface area (Å²) in [5, 5.41) is 8.82. The van der Waals surface area contributed by atoms with E-state index in [9.17, 15) is 0 Å². The molecular formula is C21H22ClN7. The lowest BCUT2D eigenvalue weighted by atomic mass is 9.97. The topological polar surface area (TPSA) is 74.1 Å². The molecule has 2 N–H and O–H groups in total. The predicted molar refractivity (Wildman–Crippen MR) is 114 cm³/mol. The maximum absolute atomic E-state index is 6.27. The van der Waals surface area contributed by atoms with E-state index in [2.05, 4.69) is 26.4 Å². The van der Waals surface area contributed by atoms with E-state index >= 15 is 0 Å². The van der Waals surface area contributed by atoms with Crippen molar-refractivity contribution in [3.05, 3.63) is 52.1 Å². The van der Waals surface area contributed by atoms with E-state index in [0.29, 0.717) is 5.92 Å². The molecule has 0 spiro atoms. The summed E-state index contributed by atoms with van der Waals surface area (Å²) in [6, 6.07) is 6.02. The SMILES string of the molecule is Cc1cc2[nH]c(C3CN(c4c5c(nc6ccnn46)CCNCC5)C3)nc2cc1Cl. The van der Waals surface area contributed by atoms with Gasteiger partial charge in [-0.25, -0.2) is 9.97 Å². The number of fused-ring (bicyclic) bond motifs is 3. The zero-order valence-corrected chi connectivity index (χ0v) is 17.0. The minimum absolute atomic E-state index is 0.375. The Hall–Kier alpha value is -2.64. The van der Waals surface area contributed by atoms with Crippen LogP contribution >= 0.6 is 11.6 Å². The van der Waals surface area contributed by atoms with Crippen LogP contribution in [0.2, 0.25) is 5.02 Å². The van der Waals surface area contributed by atoms with Gasteiger partial charge in [-0.05, 0) is 37.6 Å². The van der Waals surface area contributed by atoms with Gasteiger partial charge in [0.1, 0.15) is 11.6 Å². The molecule has 6 rings (SSSR count). The minimum atomic E-state index is 0.375. The van der Waals surface area contributed by atoms with E-state index in [1.165, 1.54) is 17.1 Å². The van der Waals surface area contributed by atoms with Gasteiger partial charge in [0.25, 0.3) is 0 Å². The zero-order valence-electron chi connectivity index (χ0n) is 16.2. The van der Waals surface area contributed by atoms with Crippen LogP contribution in [0, 0.1) is 6.92 Å². The lowest BCUT2D eigenvalue weighted by molar-refractivity contribution is 0.494. The van der Waals surface area contributed by atoms with Gasteiger partial charge in [-0.3, -0.25) is 0 Å². The molecule has 0 saturated carbocycles. The van der Waals surface area contributed by atoms with E-state index in [1.54, 1.807) is 0 Å². The normalized spacial score (nSPS) is 17.5. The summed E-state index contributed by atoms with van der Waals surface area (Å²) < 4.78 is 2.00. The fourth-order valence-corrected chi connectivity index (χ4v) is 4.67. The molecule has 148 valence electrons. The summed E-state index contributed by atoms with van der Waals surface area (Å²) in [6.45, 7) is 5.83.